The first kappa shape index (κ1) is 12.3. The molecule has 1 aliphatic carbocycles. The second kappa shape index (κ2) is 5.45. The summed E-state index contributed by atoms with van der Waals surface area (Å²) in [5.41, 5.74) is 0.331. The molecule has 0 aromatic carbocycles. The van der Waals surface area contributed by atoms with E-state index in [1.807, 2.05) is 0 Å². The van der Waals surface area contributed by atoms with Gasteiger partial charge in [0.1, 0.15) is 0 Å². The third-order valence-electron chi connectivity index (χ3n) is 3.13. The van der Waals surface area contributed by atoms with Crippen LogP contribution in [0.5, 0.6) is 0 Å². The maximum atomic E-state index is 14.1. The van der Waals surface area contributed by atoms with Gasteiger partial charge in [0.25, 0.3) is 0 Å². The molecule has 0 bridgehead atoms. The zero-order valence-corrected chi connectivity index (χ0v) is 10.2. The van der Waals surface area contributed by atoms with Crippen molar-refractivity contribution in [2.24, 2.45) is 0 Å². The first-order chi connectivity index (χ1) is 8.27. The highest BCUT2D eigenvalue weighted by Gasteiger charge is 2.31. The van der Waals surface area contributed by atoms with Gasteiger partial charge in [-0.1, -0.05) is 13.3 Å². The largest absolute Gasteiger partial charge is 0.392 e. The molecule has 0 amide bonds. The zero-order chi connectivity index (χ0) is 12.3. The molecule has 0 saturated heterocycles. The molecule has 0 unspecified atom stereocenters. The number of aliphatic hydroxyl groups is 1. The molecule has 1 saturated carbocycles. The summed E-state index contributed by atoms with van der Waals surface area (Å²) in [5, 5.41) is 9.07. The lowest BCUT2D eigenvalue weighted by atomic mass is 10.2. The van der Waals surface area contributed by atoms with E-state index in [2.05, 4.69) is 16.8 Å². The highest BCUT2D eigenvalue weighted by atomic mass is 19.1. The topological polar surface area (TPSA) is 36.4 Å². The first-order valence-electron chi connectivity index (χ1n) is 6.28. The summed E-state index contributed by atoms with van der Waals surface area (Å²) in [6, 6.07) is 1.97. The fourth-order valence-electron chi connectivity index (χ4n) is 1.97. The highest BCUT2D eigenvalue weighted by molar-refractivity contribution is 5.45. The van der Waals surface area contributed by atoms with Gasteiger partial charge >= 0.3 is 0 Å². The predicted molar refractivity (Wildman–Crippen MR) is 65.4 cm³/mol. The third kappa shape index (κ3) is 2.75. The Balaban J connectivity index is 2.22. The fraction of sp³-hybridized carbons (Fsp3) is 0.615. The molecule has 2 rings (SSSR count). The molecule has 17 heavy (non-hydrogen) atoms. The molecule has 0 atom stereocenters. The molecular formula is C13H19FN2O. The Labute approximate surface area is 101 Å². The number of rotatable bonds is 6. The molecule has 0 radical (unpaired) electrons. The third-order valence-corrected chi connectivity index (χ3v) is 3.13. The Hall–Kier alpha value is -1.16. The van der Waals surface area contributed by atoms with Crippen LogP contribution in [-0.4, -0.2) is 22.7 Å². The summed E-state index contributed by atoms with van der Waals surface area (Å²) >= 11 is 0. The fourth-order valence-corrected chi connectivity index (χ4v) is 1.97. The minimum Gasteiger partial charge on any atom is -0.392 e. The number of nitrogens with zero attached hydrogens (tertiary/aromatic N) is 2. The van der Waals surface area contributed by atoms with Gasteiger partial charge in [-0.05, 0) is 25.3 Å². The maximum absolute atomic E-state index is 14.1. The van der Waals surface area contributed by atoms with Gasteiger partial charge in [-0.3, -0.25) is 0 Å². The predicted octanol–water partition coefficient (Wildman–Crippen LogP) is 2.48. The van der Waals surface area contributed by atoms with E-state index in [9.17, 15) is 4.39 Å². The quantitative estimate of drug-likeness (QED) is 0.827. The molecule has 1 aromatic rings. The Bertz CT molecular complexity index is 380. The van der Waals surface area contributed by atoms with Gasteiger partial charge in [-0.25, -0.2) is 9.37 Å². The minimum absolute atomic E-state index is 0.270. The number of aliphatic hydroxyl groups excluding tert-OH is 1. The van der Waals surface area contributed by atoms with Crippen molar-refractivity contribution in [1.82, 2.24) is 4.98 Å². The number of halogens is 1. The minimum atomic E-state index is -0.363. The van der Waals surface area contributed by atoms with Crippen LogP contribution in [0.3, 0.4) is 0 Å². The second-order valence-corrected chi connectivity index (χ2v) is 4.54. The molecule has 0 aliphatic heterocycles. The van der Waals surface area contributed by atoms with Gasteiger partial charge in [-0.15, -0.1) is 0 Å². The van der Waals surface area contributed by atoms with Crippen LogP contribution >= 0.6 is 0 Å². The van der Waals surface area contributed by atoms with E-state index in [-0.39, 0.29) is 12.4 Å². The van der Waals surface area contributed by atoms with E-state index < -0.39 is 0 Å². The van der Waals surface area contributed by atoms with E-state index in [1.165, 1.54) is 6.07 Å². The molecule has 1 aliphatic rings. The van der Waals surface area contributed by atoms with Gasteiger partial charge in [0.05, 0.1) is 6.61 Å². The summed E-state index contributed by atoms with van der Waals surface area (Å²) in [4.78, 5) is 6.19. The van der Waals surface area contributed by atoms with Crippen molar-refractivity contribution in [3.05, 3.63) is 23.6 Å². The van der Waals surface area contributed by atoms with Crippen LogP contribution in [0.25, 0.3) is 0 Å². The van der Waals surface area contributed by atoms with Crippen molar-refractivity contribution >= 4 is 5.82 Å². The van der Waals surface area contributed by atoms with Crippen LogP contribution < -0.4 is 4.90 Å². The lowest BCUT2D eigenvalue weighted by Crippen LogP contribution is -2.29. The van der Waals surface area contributed by atoms with E-state index in [4.69, 9.17) is 5.11 Å². The van der Waals surface area contributed by atoms with E-state index >= 15 is 0 Å². The lowest BCUT2D eigenvalue weighted by Gasteiger charge is -2.24. The van der Waals surface area contributed by atoms with Crippen molar-refractivity contribution in [3.8, 4) is 0 Å². The van der Waals surface area contributed by atoms with E-state index in [0.717, 1.165) is 32.2 Å². The Morgan fingerprint density at radius 2 is 2.29 bits per heavy atom. The van der Waals surface area contributed by atoms with Crippen molar-refractivity contribution in [1.29, 1.82) is 0 Å². The van der Waals surface area contributed by atoms with Gasteiger partial charge in [0.2, 0.25) is 0 Å². The number of aromatic nitrogens is 1. The van der Waals surface area contributed by atoms with Crippen molar-refractivity contribution in [3.63, 3.8) is 0 Å². The monoisotopic (exact) mass is 238 g/mol. The lowest BCUT2D eigenvalue weighted by molar-refractivity contribution is 0.275. The summed E-state index contributed by atoms with van der Waals surface area (Å²) in [5.74, 6) is 0.0468. The van der Waals surface area contributed by atoms with Crippen molar-refractivity contribution in [2.45, 2.75) is 45.3 Å². The van der Waals surface area contributed by atoms with Crippen LogP contribution in [0.2, 0.25) is 0 Å². The number of pyridine rings is 1. The molecule has 94 valence electrons. The maximum Gasteiger partial charge on any atom is 0.171 e. The molecule has 4 heteroatoms. The summed E-state index contributed by atoms with van der Waals surface area (Å²) < 4.78 is 14.1. The average Bonchev–Trinajstić information content (AvgIpc) is 3.16. The van der Waals surface area contributed by atoms with Gasteiger partial charge in [0, 0.05) is 24.3 Å². The van der Waals surface area contributed by atoms with E-state index in [0.29, 0.717) is 17.4 Å². The Morgan fingerprint density at radius 3 is 2.88 bits per heavy atom. The molecule has 1 heterocycles. The normalized spacial score (nSPS) is 15.0. The van der Waals surface area contributed by atoms with Crippen LogP contribution in [0, 0.1) is 5.82 Å². The van der Waals surface area contributed by atoms with Gasteiger partial charge < -0.3 is 10.0 Å². The summed E-state index contributed by atoms with van der Waals surface area (Å²) in [6.45, 7) is 2.70. The van der Waals surface area contributed by atoms with Crippen LogP contribution in [0.15, 0.2) is 12.3 Å². The highest BCUT2D eigenvalue weighted by Crippen LogP contribution is 2.32. The van der Waals surface area contributed by atoms with Gasteiger partial charge in [-0.2, -0.15) is 0 Å². The molecule has 1 fully saturated rings. The van der Waals surface area contributed by atoms with Crippen LogP contribution in [-0.2, 0) is 6.61 Å². The van der Waals surface area contributed by atoms with Crippen LogP contribution in [0.4, 0.5) is 10.2 Å². The van der Waals surface area contributed by atoms with Crippen molar-refractivity contribution < 1.29 is 9.50 Å². The average molecular weight is 238 g/mol. The Morgan fingerprint density at radius 1 is 1.53 bits per heavy atom. The molecule has 3 nitrogen and oxygen atoms in total. The molecular weight excluding hydrogens is 219 g/mol. The molecule has 1 N–H and O–H groups in total. The molecule has 0 spiro atoms. The summed E-state index contributed by atoms with van der Waals surface area (Å²) in [6.07, 6.45) is 5.94. The summed E-state index contributed by atoms with van der Waals surface area (Å²) in [7, 11) is 0. The molecule has 1 aromatic heterocycles. The van der Waals surface area contributed by atoms with Crippen LogP contribution in [0.1, 0.15) is 38.2 Å². The van der Waals surface area contributed by atoms with Gasteiger partial charge in [0.15, 0.2) is 11.6 Å². The standard InChI is InChI=1S/C13H19FN2O/c1-2-3-8-16(11-4-5-11)13-12(14)10(9-17)6-7-15-13/h6-7,11,17H,2-5,8-9H2,1H3. The smallest absolute Gasteiger partial charge is 0.171 e. The number of unbranched alkanes of at least 4 members (excludes halogenated alkanes) is 1. The Kier molecular flexibility index (Phi) is 3.94. The number of hydrogen-bond donors (Lipinski definition) is 1. The number of hydrogen-bond acceptors (Lipinski definition) is 3. The second-order valence-electron chi connectivity index (χ2n) is 4.54. The van der Waals surface area contributed by atoms with E-state index in [1.54, 1.807) is 6.20 Å². The first-order valence-corrected chi connectivity index (χ1v) is 6.28. The zero-order valence-electron chi connectivity index (χ0n) is 10.2. The van der Waals surface area contributed by atoms with Crippen molar-refractivity contribution in [2.75, 3.05) is 11.4 Å². The SMILES string of the molecule is CCCCN(c1nccc(CO)c1F)C1CC1. The number of anilines is 1.